The van der Waals surface area contributed by atoms with Crippen LogP contribution in [0, 0.1) is 6.92 Å². The summed E-state index contributed by atoms with van der Waals surface area (Å²) in [6, 6.07) is 10.4. The number of nitrogens with zero attached hydrogens (tertiary/aromatic N) is 3. The molecule has 0 saturated carbocycles. The van der Waals surface area contributed by atoms with Gasteiger partial charge in [0.05, 0.1) is 5.69 Å². The van der Waals surface area contributed by atoms with Gasteiger partial charge in [0.1, 0.15) is 0 Å². The quantitative estimate of drug-likeness (QED) is 0.919. The summed E-state index contributed by atoms with van der Waals surface area (Å²) >= 11 is 0. The molecule has 0 radical (unpaired) electrons. The molecule has 2 unspecified atom stereocenters. The number of benzene rings is 1. The van der Waals surface area contributed by atoms with Crippen molar-refractivity contribution in [2.75, 3.05) is 11.9 Å². The summed E-state index contributed by atoms with van der Waals surface area (Å²) in [6.45, 7) is 2.03. The smallest absolute Gasteiger partial charge is 0.159 e. The Bertz CT molecular complexity index is 657. The van der Waals surface area contributed by atoms with Crippen LogP contribution in [-0.4, -0.2) is 35.4 Å². The average molecular weight is 282 g/mol. The Labute approximate surface area is 125 Å². The molecule has 1 aromatic heterocycles. The zero-order valence-electron chi connectivity index (χ0n) is 12.7. The van der Waals surface area contributed by atoms with E-state index in [-0.39, 0.29) is 0 Å². The van der Waals surface area contributed by atoms with Gasteiger partial charge in [0.2, 0.25) is 0 Å². The molecule has 2 aromatic rings. The van der Waals surface area contributed by atoms with Gasteiger partial charge in [-0.2, -0.15) is 5.10 Å². The van der Waals surface area contributed by atoms with Crippen molar-refractivity contribution in [1.82, 2.24) is 15.5 Å². The Balaban J connectivity index is 1.71. The highest BCUT2D eigenvalue weighted by Crippen LogP contribution is 2.33. The average Bonchev–Trinajstić information content (AvgIpc) is 2.85. The van der Waals surface area contributed by atoms with Crippen LogP contribution >= 0.6 is 0 Å². The Hall–Kier alpha value is -1.68. The van der Waals surface area contributed by atoms with Gasteiger partial charge in [-0.1, -0.05) is 24.3 Å². The molecule has 4 nitrogen and oxygen atoms in total. The minimum atomic E-state index is 0.573. The van der Waals surface area contributed by atoms with E-state index >= 15 is 0 Å². The maximum absolute atomic E-state index is 4.51. The van der Waals surface area contributed by atoms with E-state index in [4.69, 9.17) is 0 Å². The highest BCUT2D eigenvalue weighted by molar-refractivity contribution is 5.93. The van der Waals surface area contributed by atoms with Gasteiger partial charge in [-0.05, 0) is 32.6 Å². The number of anilines is 1. The van der Waals surface area contributed by atoms with E-state index in [9.17, 15) is 0 Å². The molecule has 2 fully saturated rings. The monoisotopic (exact) mass is 282 g/mol. The summed E-state index contributed by atoms with van der Waals surface area (Å²) in [5.74, 6) is 1.03. The molecule has 2 aliphatic rings. The number of aromatic nitrogens is 2. The number of piperidine rings is 1. The van der Waals surface area contributed by atoms with Crippen LogP contribution in [0.15, 0.2) is 24.3 Å². The van der Waals surface area contributed by atoms with Crippen LogP contribution in [0.2, 0.25) is 0 Å². The number of hydrogen-bond donors (Lipinski definition) is 1. The first kappa shape index (κ1) is 13.0. The highest BCUT2D eigenvalue weighted by atomic mass is 15.3. The van der Waals surface area contributed by atoms with Gasteiger partial charge in [0.25, 0.3) is 0 Å². The van der Waals surface area contributed by atoms with Crippen LogP contribution < -0.4 is 10.2 Å². The second-order valence-corrected chi connectivity index (χ2v) is 6.53. The molecule has 2 aliphatic heterocycles. The molecule has 1 aromatic carbocycles. The van der Waals surface area contributed by atoms with Crippen molar-refractivity contribution >= 4 is 16.6 Å². The lowest BCUT2D eigenvalue weighted by Crippen LogP contribution is -2.47. The number of aryl methyl sites for hydroxylation is 1. The zero-order valence-corrected chi connectivity index (χ0v) is 12.7. The molecule has 2 saturated heterocycles. The van der Waals surface area contributed by atoms with Gasteiger partial charge in [-0.15, -0.1) is 5.10 Å². The molecule has 1 N–H and O–H groups in total. The summed E-state index contributed by atoms with van der Waals surface area (Å²) in [5, 5.41) is 15.0. The van der Waals surface area contributed by atoms with Crippen molar-refractivity contribution in [2.45, 2.75) is 50.7 Å². The molecule has 0 spiro atoms. The van der Waals surface area contributed by atoms with E-state index in [2.05, 4.69) is 51.7 Å². The summed E-state index contributed by atoms with van der Waals surface area (Å²) in [6.07, 6.45) is 5.10. The van der Waals surface area contributed by atoms with Crippen LogP contribution in [0.1, 0.15) is 31.4 Å². The minimum absolute atomic E-state index is 0.573. The largest absolute Gasteiger partial charge is 0.355 e. The number of fused-ring (bicyclic) bond motifs is 3. The molecule has 4 rings (SSSR count). The highest BCUT2D eigenvalue weighted by Gasteiger charge is 2.35. The van der Waals surface area contributed by atoms with Crippen molar-refractivity contribution < 1.29 is 0 Å². The van der Waals surface area contributed by atoms with Crippen molar-refractivity contribution in [2.24, 2.45) is 0 Å². The Kier molecular flexibility index (Phi) is 3.07. The first-order chi connectivity index (χ1) is 10.2. The van der Waals surface area contributed by atoms with Crippen molar-refractivity contribution in [3.05, 3.63) is 30.0 Å². The van der Waals surface area contributed by atoms with Crippen LogP contribution in [-0.2, 0) is 0 Å². The molecule has 4 heteroatoms. The third-order valence-corrected chi connectivity index (χ3v) is 5.18. The second kappa shape index (κ2) is 4.95. The van der Waals surface area contributed by atoms with Gasteiger partial charge in [0, 0.05) is 35.9 Å². The molecule has 2 atom stereocenters. The Morgan fingerprint density at radius 3 is 2.43 bits per heavy atom. The summed E-state index contributed by atoms with van der Waals surface area (Å²) in [4.78, 5) is 2.36. The SMILES string of the molecule is Cc1nnc(N(C)C2CC3CCC(C2)N3)c2ccccc12. The van der Waals surface area contributed by atoms with E-state index < -0.39 is 0 Å². The first-order valence-electron chi connectivity index (χ1n) is 7.93. The summed E-state index contributed by atoms with van der Waals surface area (Å²) in [5.41, 5.74) is 1.01. The molecule has 0 amide bonds. The van der Waals surface area contributed by atoms with Crippen LogP contribution in [0.3, 0.4) is 0 Å². The van der Waals surface area contributed by atoms with E-state index in [0.29, 0.717) is 18.1 Å². The predicted molar refractivity (Wildman–Crippen MR) is 85.6 cm³/mol. The van der Waals surface area contributed by atoms with Crippen LogP contribution in [0.4, 0.5) is 5.82 Å². The fourth-order valence-corrected chi connectivity index (χ4v) is 4.00. The second-order valence-electron chi connectivity index (χ2n) is 6.53. The lowest BCUT2D eigenvalue weighted by molar-refractivity contribution is 0.354. The third-order valence-electron chi connectivity index (χ3n) is 5.18. The Morgan fingerprint density at radius 1 is 1.05 bits per heavy atom. The standard InChI is InChI=1S/C17H22N4/c1-11-15-5-3-4-6-16(15)17(20-19-11)21(2)14-9-12-7-8-13(10-14)18-12/h3-6,12-14,18H,7-10H2,1-2H3. The number of nitrogens with one attached hydrogen (secondary N) is 1. The van der Waals surface area contributed by atoms with Gasteiger partial charge in [-0.3, -0.25) is 0 Å². The van der Waals surface area contributed by atoms with E-state index in [0.717, 1.165) is 11.5 Å². The lowest BCUT2D eigenvalue weighted by Gasteiger charge is -2.36. The van der Waals surface area contributed by atoms with Gasteiger partial charge < -0.3 is 10.2 Å². The summed E-state index contributed by atoms with van der Waals surface area (Å²) < 4.78 is 0. The molecule has 21 heavy (non-hydrogen) atoms. The lowest BCUT2D eigenvalue weighted by atomic mass is 9.98. The number of hydrogen-bond acceptors (Lipinski definition) is 4. The normalized spacial score (nSPS) is 28.0. The van der Waals surface area contributed by atoms with E-state index in [1.165, 1.54) is 36.5 Å². The fourth-order valence-electron chi connectivity index (χ4n) is 4.00. The molecule has 2 bridgehead atoms. The zero-order chi connectivity index (χ0) is 14.4. The van der Waals surface area contributed by atoms with Gasteiger partial charge in [0.15, 0.2) is 5.82 Å². The maximum Gasteiger partial charge on any atom is 0.159 e. The molecule has 110 valence electrons. The Morgan fingerprint density at radius 2 is 1.71 bits per heavy atom. The van der Waals surface area contributed by atoms with Crippen molar-refractivity contribution in [1.29, 1.82) is 0 Å². The molecular formula is C17H22N4. The van der Waals surface area contributed by atoms with Crippen LogP contribution in [0.25, 0.3) is 10.8 Å². The van der Waals surface area contributed by atoms with Gasteiger partial charge in [-0.25, -0.2) is 0 Å². The predicted octanol–water partition coefficient (Wildman–Crippen LogP) is 2.66. The maximum atomic E-state index is 4.51. The van der Waals surface area contributed by atoms with Crippen molar-refractivity contribution in [3.8, 4) is 0 Å². The van der Waals surface area contributed by atoms with Gasteiger partial charge >= 0.3 is 0 Å². The van der Waals surface area contributed by atoms with E-state index in [1.807, 2.05) is 6.92 Å². The van der Waals surface area contributed by atoms with Crippen LogP contribution in [0.5, 0.6) is 0 Å². The minimum Gasteiger partial charge on any atom is -0.355 e. The summed E-state index contributed by atoms with van der Waals surface area (Å²) in [7, 11) is 2.18. The molecule has 3 heterocycles. The topological polar surface area (TPSA) is 41.1 Å². The number of rotatable bonds is 2. The van der Waals surface area contributed by atoms with Crippen molar-refractivity contribution in [3.63, 3.8) is 0 Å². The first-order valence-corrected chi connectivity index (χ1v) is 7.93. The fraction of sp³-hybridized carbons (Fsp3) is 0.529. The van der Waals surface area contributed by atoms with E-state index in [1.54, 1.807) is 0 Å². The molecule has 0 aliphatic carbocycles. The third kappa shape index (κ3) is 2.18. The molecular weight excluding hydrogens is 260 g/mol.